The summed E-state index contributed by atoms with van der Waals surface area (Å²) in [5, 5.41) is 0. The summed E-state index contributed by atoms with van der Waals surface area (Å²) >= 11 is 0. The Bertz CT molecular complexity index is 598. The van der Waals surface area contributed by atoms with Gasteiger partial charge in [0.05, 0.1) is 12.5 Å². The van der Waals surface area contributed by atoms with Crippen molar-refractivity contribution in [3.05, 3.63) is 65.5 Å². The molecule has 0 radical (unpaired) electrons. The van der Waals surface area contributed by atoms with Gasteiger partial charge < -0.3 is 10.6 Å². The number of rotatable bonds is 5. The number of hydrogen-bond donors (Lipinski definition) is 1. The van der Waals surface area contributed by atoms with Crippen molar-refractivity contribution in [1.29, 1.82) is 0 Å². The highest BCUT2D eigenvalue weighted by molar-refractivity contribution is 5.79. The van der Waals surface area contributed by atoms with E-state index in [1.165, 1.54) is 0 Å². The predicted molar refractivity (Wildman–Crippen MR) is 83.5 cm³/mol. The molecule has 1 aromatic heterocycles. The molecule has 1 atom stereocenters. The zero-order chi connectivity index (χ0) is 15.2. The fraction of sp³-hybridized carbons (Fsp3) is 0.294. The molecule has 110 valence electrons. The van der Waals surface area contributed by atoms with Crippen molar-refractivity contribution in [3.63, 3.8) is 0 Å². The fourth-order valence-corrected chi connectivity index (χ4v) is 2.30. The molecule has 2 N–H and O–H groups in total. The van der Waals surface area contributed by atoms with Crippen LogP contribution in [0.3, 0.4) is 0 Å². The average molecular weight is 283 g/mol. The van der Waals surface area contributed by atoms with Crippen LogP contribution < -0.4 is 5.73 Å². The van der Waals surface area contributed by atoms with E-state index in [0.29, 0.717) is 13.0 Å². The van der Waals surface area contributed by atoms with E-state index in [2.05, 4.69) is 4.98 Å². The summed E-state index contributed by atoms with van der Waals surface area (Å²) in [5.41, 5.74) is 8.82. The summed E-state index contributed by atoms with van der Waals surface area (Å²) in [7, 11) is 1.83. The second kappa shape index (κ2) is 6.99. The Morgan fingerprint density at radius 1 is 1.19 bits per heavy atom. The Balaban J connectivity index is 2.09. The van der Waals surface area contributed by atoms with Crippen molar-refractivity contribution in [2.24, 2.45) is 5.73 Å². The summed E-state index contributed by atoms with van der Waals surface area (Å²) in [5.74, 6) is 0.0835. The normalized spacial score (nSPS) is 12.0. The lowest BCUT2D eigenvalue weighted by Gasteiger charge is -2.25. The molecule has 1 unspecified atom stereocenters. The minimum Gasteiger partial charge on any atom is -0.339 e. The van der Waals surface area contributed by atoms with Gasteiger partial charge in [-0.3, -0.25) is 9.78 Å². The third-order valence-corrected chi connectivity index (χ3v) is 3.84. The van der Waals surface area contributed by atoms with Crippen LogP contribution in [0.2, 0.25) is 0 Å². The van der Waals surface area contributed by atoms with E-state index in [0.717, 1.165) is 16.7 Å². The van der Waals surface area contributed by atoms with Crippen LogP contribution in [0.4, 0.5) is 0 Å². The zero-order valence-electron chi connectivity index (χ0n) is 12.5. The highest BCUT2D eigenvalue weighted by atomic mass is 16.2. The lowest BCUT2D eigenvalue weighted by molar-refractivity contribution is -0.131. The molecule has 0 saturated heterocycles. The van der Waals surface area contributed by atoms with E-state index in [-0.39, 0.29) is 11.9 Å². The van der Waals surface area contributed by atoms with E-state index >= 15 is 0 Å². The molecule has 0 saturated carbocycles. The minimum atomic E-state index is 0.0190. The predicted octanol–water partition coefficient (Wildman–Crippen LogP) is 2.30. The molecule has 4 heteroatoms. The van der Waals surface area contributed by atoms with Crippen molar-refractivity contribution in [1.82, 2.24) is 9.88 Å². The summed E-state index contributed by atoms with van der Waals surface area (Å²) < 4.78 is 0. The van der Waals surface area contributed by atoms with Gasteiger partial charge in [0.25, 0.3) is 0 Å². The van der Waals surface area contributed by atoms with Gasteiger partial charge in [0.2, 0.25) is 5.91 Å². The Morgan fingerprint density at radius 3 is 2.43 bits per heavy atom. The van der Waals surface area contributed by atoms with Crippen LogP contribution >= 0.6 is 0 Å². The fourth-order valence-electron chi connectivity index (χ4n) is 2.30. The lowest BCUT2D eigenvalue weighted by atomic mass is 10.0. The van der Waals surface area contributed by atoms with Gasteiger partial charge in [0.1, 0.15) is 0 Å². The van der Waals surface area contributed by atoms with Gasteiger partial charge in [0, 0.05) is 26.0 Å². The van der Waals surface area contributed by atoms with Crippen molar-refractivity contribution < 1.29 is 4.79 Å². The Kier molecular flexibility index (Phi) is 5.06. The summed E-state index contributed by atoms with van der Waals surface area (Å²) in [6.07, 6.45) is 3.86. The molecule has 1 aromatic carbocycles. The summed E-state index contributed by atoms with van der Waals surface area (Å²) in [6.45, 7) is 2.47. The summed E-state index contributed by atoms with van der Waals surface area (Å²) in [4.78, 5) is 18.2. The lowest BCUT2D eigenvalue weighted by Crippen LogP contribution is -2.31. The van der Waals surface area contributed by atoms with Crippen molar-refractivity contribution in [3.8, 4) is 0 Å². The van der Waals surface area contributed by atoms with Gasteiger partial charge in [-0.05, 0) is 35.7 Å². The van der Waals surface area contributed by atoms with Crippen LogP contribution in [0.5, 0.6) is 0 Å². The van der Waals surface area contributed by atoms with Crippen LogP contribution in [-0.4, -0.2) is 22.8 Å². The van der Waals surface area contributed by atoms with E-state index in [4.69, 9.17) is 5.73 Å². The number of amides is 1. The number of benzene rings is 1. The minimum absolute atomic E-state index is 0.0190. The SMILES string of the molecule is CC(c1ccncc1)N(C)C(=O)Cc1ccccc1CN. The topological polar surface area (TPSA) is 59.2 Å². The Morgan fingerprint density at radius 2 is 1.81 bits per heavy atom. The van der Waals surface area contributed by atoms with Gasteiger partial charge in [-0.1, -0.05) is 24.3 Å². The van der Waals surface area contributed by atoms with E-state index in [1.807, 2.05) is 50.4 Å². The van der Waals surface area contributed by atoms with Crippen molar-refractivity contribution >= 4 is 5.91 Å². The molecule has 0 aliphatic rings. The number of likely N-dealkylation sites (N-methyl/N-ethyl adjacent to an activating group) is 1. The van der Waals surface area contributed by atoms with Gasteiger partial charge >= 0.3 is 0 Å². The first-order valence-electron chi connectivity index (χ1n) is 7.06. The number of carbonyl (C=O) groups excluding carboxylic acids is 1. The molecule has 1 heterocycles. The zero-order valence-corrected chi connectivity index (χ0v) is 12.5. The monoisotopic (exact) mass is 283 g/mol. The molecule has 0 bridgehead atoms. The van der Waals surface area contributed by atoms with Gasteiger partial charge in [-0.25, -0.2) is 0 Å². The van der Waals surface area contributed by atoms with Crippen LogP contribution in [0.1, 0.15) is 29.7 Å². The third-order valence-electron chi connectivity index (χ3n) is 3.84. The molecule has 1 amide bonds. The molecular formula is C17H21N3O. The number of aromatic nitrogens is 1. The largest absolute Gasteiger partial charge is 0.339 e. The van der Waals surface area contributed by atoms with Crippen LogP contribution in [0.25, 0.3) is 0 Å². The molecule has 0 spiro atoms. The average Bonchev–Trinajstić information content (AvgIpc) is 2.54. The quantitative estimate of drug-likeness (QED) is 0.916. The van der Waals surface area contributed by atoms with Gasteiger partial charge in [0.15, 0.2) is 0 Å². The number of carbonyl (C=O) groups is 1. The molecule has 2 aromatic rings. The highest BCUT2D eigenvalue weighted by Gasteiger charge is 2.18. The standard InChI is InChI=1S/C17H21N3O/c1-13(14-7-9-19-10-8-14)20(2)17(21)11-15-5-3-4-6-16(15)12-18/h3-10,13H,11-12,18H2,1-2H3. The Hall–Kier alpha value is -2.20. The van der Waals surface area contributed by atoms with Crippen molar-refractivity contribution in [2.45, 2.75) is 25.9 Å². The van der Waals surface area contributed by atoms with Crippen LogP contribution in [0, 0.1) is 0 Å². The second-order valence-electron chi connectivity index (χ2n) is 5.11. The second-order valence-corrected chi connectivity index (χ2v) is 5.11. The molecule has 0 aliphatic heterocycles. The van der Waals surface area contributed by atoms with E-state index in [1.54, 1.807) is 17.3 Å². The number of nitrogens with zero attached hydrogens (tertiary/aromatic N) is 2. The molecule has 21 heavy (non-hydrogen) atoms. The molecule has 0 aliphatic carbocycles. The molecule has 0 fully saturated rings. The molecule has 4 nitrogen and oxygen atoms in total. The summed E-state index contributed by atoms with van der Waals surface area (Å²) in [6, 6.07) is 11.7. The van der Waals surface area contributed by atoms with Gasteiger partial charge in [-0.15, -0.1) is 0 Å². The maximum absolute atomic E-state index is 12.5. The molecule has 2 rings (SSSR count). The van der Waals surface area contributed by atoms with E-state index < -0.39 is 0 Å². The van der Waals surface area contributed by atoms with Crippen LogP contribution in [-0.2, 0) is 17.8 Å². The molecular weight excluding hydrogens is 262 g/mol. The first kappa shape index (κ1) is 15.2. The van der Waals surface area contributed by atoms with Gasteiger partial charge in [-0.2, -0.15) is 0 Å². The Labute approximate surface area is 125 Å². The highest BCUT2D eigenvalue weighted by Crippen LogP contribution is 2.19. The number of nitrogens with two attached hydrogens (primary N) is 1. The maximum atomic E-state index is 12.5. The number of hydrogen-bond acceptors (Lipinski definition) is 3. The van der Waals surface area contributed by atoms with E-state index in [9.17, 15) is 4.79 Å². The van der Waals surface area contributed by atoms with Crippen LogP contribution in [0.15, 0.2) is 48.8 Å². The third kappa shape index (κ3) is 3.67. The number of pyridine rings is 1. The first-order chi connectivity index (χ1) is 10.1. The van der Waals surface area contributed by atoms with Crippen molar-refractivity contribution in [2.75, 3.05) is 7.05 Å². The smallest absolute Gasteiger partial charge is 0.227 e. The maximum Gasteiger partial charge on any atom is 0.227 e. The first-order valence-corrected chi connectivity index (χ1v) is 7.06.